The molecule has 14 heteroatoms. The van der Waals surface area contributed by atoms with Crippen LogP contribution in [-0.2, 0) is 57.1 Å². The van der Waals surface area contributed by atoms with Gasteiger partial charge in [0.2, 0.25) is 0 Å². The molecule has 0 radical (unpaired) electrons. The highest BCUT2D eigenvalue weighted by molar-refractivity contribution is 5.78. The van der Waals surface area contributed by atoms with Gasteiger partial charge in [0, 0.05) is 12.8 Å². The molecule has 13 rings (SSSR count). The van der Waals surface area contributed by atoms with Gasteiger partial charge < -0.3 is 38.3 Å². The largest absolute Gasteiger partial charge is 0.509 e. The average molecular weight is 1110 g/mol. The summed E-state index contributed by atoms with van der Waals surface area (Å²) in [4.78, 5) is 72.4. The molecule has 1 saturated heterocycles. The van der Waals surface area contributed by atoms with Crippen LogP contribution >= 0.6 is 0 Å². The van der Waals surface area contributed by atoms with E-state index in [4.69, 9.17) is 33.2 Å². The first-order chi connectivity index (χ1) is 36.5. The van der Waals surface area contributed by atoms with Crippen molar-refractivity contribution in [3.05, 3.63) is 0 Å². The van der Waals surface area contributed by atoms with Crippen molar-refractivity contribution in [1.29, 1.82) is 0 Å². The van der Waals surface area contributed by atoms with Crippen molar-refractivity contribution in [1.82, 2.24) is 0 Å². The van der Waals surface area contributed by atoms with Gasteiger partial charge in [-0.05, 0) is 252 Å². The zero-order chi connectivity index (χ0) is 58.6. The van der Waals surface area contributed by atoms with Gasteiger partial charge in [0.05, 0.1) is 33.7 Å². The second-order valence-electron chi connectivity index (χ2n) is 30.9. The Morgan fingerprint density at radius 1 is 0.494 bits per heavy atom. The van der Waals surface area contributed by atoms with Crippen LogP contribution in [0.15, 0.2) is 0 Å². The number of carbonyl (C=O) groups excluding carboxylic acids is 6. The predicted octanol–water partition coefficient (Wildman–Crippen LogP) is 13.9. The van der Waals surface area contributed by atoms with Gasteiger partial charge in [0.25, 0.3) is 0 Å². The van der Waals surface area contributed by atoms with Crippen molar-refractivity contribution >= 4 is 36.0 Å². The summed E-state index contributed by atoms with van der Waals surface area (Å²) in [6.45, 7) is 31.4. The molecule has 0 spiro atoms. The molecule has 1 heterocycles. The quantitative estimate of drug-likeness (QED) is 0.128. The SMILES string of the molecule is CCC(C)(C)C(=O)OC1(CC)C2CC3CC(C2)CC1C3.CCC(C)(C)C(=O)OC12CC3CC(CC(O)(C3)C1)C2.CCC(C)(C)C(=O)OC12CC3CC(CC(OC(=O)OC(C)(C)C)(C3)C1)C2.CCC(C)(C)C(=O)OC1COC(=O)C1. The lowest BCUT2D eigenvalue weighted by Gasteiger charge is -2.60. The fourth-order valence-electron chi connectivity index (χ4n) is 16.3. The predicted molar refractivity (Wildman–Crippen MR) is 300 cm³/mol. The number of rotatable bonds is 14. The number of hydrogen-bond donors (Lipinski definition) is 1. The number of aliphatic hydroxyl groups is 1. The van der Waals surface area contributed by atoms with Crippen molar-refractivity contribution in [3.8, 4) is 0 Å². The Morgan fingerprint density at radius 3 is 1.23 bits per heavy atom. The smallest absolute Gasteiger partial charge is 0.462 e. The monoisotopic (exact) mass is 1110 g/mol. The van der Waals surface area contributed by atoms with Crippen LogP contribution < -0.4 is 0 Å². The van der Waals surface area contributed by atoms with E-state index in [1.54, 1.807) is 0 Å². The van der Waals surface area contributed by atoms with Gasteiger partial charge in [-0.1, -0.05) is 34.6 Å². The second-order valence-corrected chi connectivity index (χ2v) is 30.9. The van der Waals surface area contributed by atoms with E-state index in [2.05, 4.69) is 13.8 Å². The minimum atomic E-state index is -0.602. The summed E-state index contributed by atoms with van der Waals surface area (Å²) in [5.41, 5.74) is -4.34. The molecule has 14 nitrogen and oxygen atoms in total. The number of hydrogen-bond acceptors (Lipinski definition) is 14. The molecule has 12 aliphatic carbocycles. The highest BCUT2D eigenvalue weighted by atomic mass is 16.7. The molecule has 0 aromatic heterocycles. The Kier molecular flexibility index (Phi) is 18.4. The van der Waals surface area contributed by atoms with Crippen molar-refractivity contribution in [2.24, 2.45) is 69.0 Å². The Bertz CT molecular complexity index is 2170. The van der Waals surface area contributed by atoms with Gasteiger partial charge in [-0.3, -0.25) is 24.0 Å². The highest BCUT2D eigenvalue weighted by Gasteiger charge is 2.64. The van der Waals surface area contributed by atoms with E-state index in [0.29, 0.717) is 54.8 Å². The maximum absolute atomic E-state index is 12.7. The summed E-state index contributed by atoms with van der Waals surface area (Å²) >= 11 is 0. The summed E-state index contributed by atoms with van der Waals surface area (Å²) in [6, 6.07) is 0. The molecule has 12 saturated carbocycles. The van der Waals surface area contributed by atoms with E-state index in [1.807, 2.05) is 96.9 Å². The van der Waals surface area contributed by atoms with Crippen LogP contribution in [0.2, 0.25) is 0 Å². The third-order valence-electron chi connectivity index (χ3n) is 21.4. The lowest BCUT2D eigenvalue weighted by atomic mass is 9.49. The van der Waals surface area contributed by atoms with E-state index < -0.39 is 44.8 Å². The maximum atomic E-state index is 12.7. The lowest BCUT2D eigenvalue weighted by molar-refractivity contribution is -0.230. The molecule has 12 bridgehead atoms. The summed E-state index contributed by atoms with van der Waals surface area (Å²) in [5, 5.41) is 10.6. The topological polar surface area (TPSA) is 187 Å². The summed E-state index contributed by atoms with van der Waals surface area (Å²) in [7, 11) is 0. The summed E-state index contributed by atoms with van der Waals surface area (Å²) in [6.07, 6.45) is 20.9. The normalized spacial score (nSPS) is 37.2. The molecule has 5 atom stereocenters. The van der Waals surface area contributed by atoms with Crippen LogP contribution in [0.1, 0.15) is 258 Å². The van der Waals surface area contributed by atoms with E-state index >= 15 is 0 Å². The van der Waals surface area contributed by atoms with Gasteiger partial charge >= 0.3 is 36.0 Å². The standard InChI is InChI=1S/C21H34O5.C18H30O2.C16H26O3.C10H16O4/c1-7-19(5,6)16(22)24-20-9-14-8-15(10-20)12-21(11-14,13-20)26-17(23)25-18(2,3)4;1-5-17(3,4)16(19)20-18(6-2)14-8-12-7-13(10-14)11-15(18)9-12;1-4-14(2,3)13(17)19-16-8-11-5-12(9-16)7-15(18,6-11)10-16;1-4-10(2,3)9(12)14-7-5-8(11)13-6-7/h14-15H,7-13H2,1-6H3;12-15H,5-11H2,1-4H3;11-12,18H,4-10H2,1-3H3;7H,4-6H2,1-3H3. The van der Waals surface area contributed by atoms with Crippen molar-refractivity contribution < 1.29 is 67.0 Å². The molecule has 13 aliphatic rings. The van der Waals surface area contributed by atoms with Gasteiger partial charge in [0.1, 0.15) is 40.7 Å². The molecule has 0 aromatic rings. The van der Waals surface area contributed by atoms with Crippen LogP contribution in [-0.4, -0.2) is 87.4 Å². The first-order valence-electron chi connectivity index (χ1n) is 31.2. The van der Waals surface area contributed by atoms with Crippen molar-refractivity contribution in [2.75, 3.05) is 6.61 Å². The minimum Gasteiger partial charge on any atom is -0.462 e. The van der Waals surface area contributed by atoms with Crippen LogP contribution in [0, 0.1) is 69.0 Å². The van der Waals surface area contributed by atoms with Gasteiger partial charge in [0.15, 0.2) is 0 Å². The lowest BCUT2D eigenvalue weighted by Crippen LogP contribution is -2.62. The Hall–Kier alpha value is -3.42. The van der Waals surface area contributed by atoms with Crippen molar-refractivity contribution in [2.45, 2.75) is 298 Å². The van der Waals surface area contributed by atoms with Crippen LogP contribution in [0.4, 0.5) is 4.79 Å². The summed E-state index contributed by atoms with van der Waals surface area (Å²) < 4.78 is 39.5. The number of esters is 5. The maximum Gasteiger partial charge on any atom is 0.509 e. The summed E-state index contributed by atoms with van der Waals surface area (Å²) in [5.74, 6) is 4.43. The average Bonchev–Trinajstić information content (AvgIpc) is 3.92. The molecular formula is C65H106O14. The zero-order valence-electron chi connectivity index (χ0n) is 51.9. The van der Waals surface area contributed by atoms with Crippen molar-refractivity contribution in [3.63, 3.8) is 0 Å². The van der Waals surface area contributed by atoms with E-state index in [-0.39, 0.29) is 65.6 Å². The molecule has 1 aliphatic heterocycles. The minimum absolute atomic E-state index is 0.0364. The third-order valence-corrected chi connectivity index (χ3v) is 21.4. The van der Waals surface area contributed by atoms with Crippen LogP contribution in [0.5, 0.6) is 0 Å². The van der Waals surface area contributed by atoms with E-state index in [1.165, 1.54) is 38.5 Å². The molecule has 5 unspecified atom stereocenters. The van der Waals surface area contributed by atoms with Crippen LogP contribution in [0.3, 0.4) is 0 Å². The Balaban J connectivity index is 0.000000156. The fraction of sp³-hybridized carbons (Fsp3) is 0.908. The molecule has 450 valence electrons. The number of carbonyl (C=O) groups is 6. The van der Waals surface area contributed by atoms with Gasteiger partial charge in [-0.2, -0.15) is 0 Å². The Labute approximate surface area is 475 Å². The highest BCUT2D eigenvalue weighted by Crippen LogP contribution is 2.63. The molecule has 0 amide bonds. The number of ether oxygens (including phenoxy) is 7. The van der Waals surface area contributed by atoms with Crippen LogP contribution in [0.25, 0.3) is 0 Å². The van der Waals surface area contributed by atoms with E-state index in [0.717, 1.165) is 95.3 Å². The van der Waals surface area contributed by atoms with E-state index in [9.17, 15) is 33.9 Å². The zero-order valence-corrected chi connectivity index (χ0v) is 51.9. The second kappa shape index (κ2) is 23.0. The Morgan fingerprint density at radius 2 is 0.861 bits per heavy atom. The number of cyclic esters (lactones) is 1. The van der Waals surface area contributed by atoms with Gasteiger partial charge in [-0.15, -0.1) is 0 Å². The first-order valence-corrected chi connectivity index (χ1v) is 31.2. The molecule has 0 aromatic carbocycles. The fourth-order valence-corrected chi connectivity index (χ4v) is 16.3. The molecule has 1 N–H and O–H groups in total. The van der Waals surface area contributed by atoms with Gasteiger partial charge in [-0.25, -0.2) is 4.79 Å². The third kappa shape index (κ3) is 14.3. The molecule has 79 heavy (non-hydrogen) atoms. The molecular weight excluding hydrogens is 1000 g/mol. The first kappa shape index (κ1) is 63.2. The molecule has 13 fully saturated rings.